The van der Waals surface area contributed by atoms with Crippen LogP contribution in [0.3, 0.4) is 0 Å². The molecule has 0 spiro atoms. The van der Waals surface area contributed by atoms with Crippen molar-refractivity contribution in [1.29, 1.82) is 0 Å². The molecule has 0 bridgehead atoms. The number of rotatable bonds is 3. The summed E-state index contributed by atoms with van der Waals surface area (Å²) in [6.45, 7) is 0. The molecule has 3 aliphatic carbocycles. The summed E-state index contributed by atoms with van der Waals surface area (Å²) in [5.41, 5.74) is 0. The van der Waals surface area contributed by atoms with Gasteiger partial charge in [0.25, 0.3) is 0 Å². The van der Waals surface area contributed by atoms with E-state index in [9.17, 15) is 29.7 Å². The zero-order valence-corrected chi connectivity index (χ0v) is 23.7. The Hall–Kier alpha value is 0.382. The van der Waals surface area contributed by atoms with Crippen molar-refractivity contribution >= 4 is 83.1 Å². The topological polar surface area (TPSA) is 120 Å². The Bertz CT molecular complexity index is 503. The summed E-state index contributed by atoms with van der Waals surface area (Å²) in [6, 6.07) is 0. The van der Waals surface area contributed by atoms with E-state index < -0.39 is 30.9 Å². The van der Waals surface area contributed by atoms with E-state index in [1.165, 1.54) is 0 Å². The fraction of sp³-hybridized carbons (Fsp3) is 0.857. The molecule has 3 fully saturated rings. The van der Waals surface area contributed by atoms with Gasteiger partial charge in [0.2, 0.25) is 0 Å². The zero-order valence-electron chi connectivity index (χ0n) is 17.8. The van der Waals surface area contributed by atoms with Gasteiger partial charge in [-0.15, -0.1) is 0 Å². The second-order valence-corrected chi connectivity index (χ2v) is 13.0. The summed E-state index contributed by atoms with van der Waals surface area (Å²) in [5.74, 6) is -2.85. The Morgan fingerprint density at radius 2 is 0.613 bits per heavy atom. The van der Waals surface area contributed by atoms with Gasteiger partial charge in [-0.3, -0.25) is 0 Å². The maximum absolute atomic E-state index is 10.5. The first-order chi connectivity index (χ1) is 14.0. The number of carbonyl (C=O) groups is 3. The van der Waals surface area contributed by atoms with E-state index in [2.05, 4.69) is 47.8 Å². The van der Waals surface area contributed by atoms with E-state index in [-0.39, 0.29) is 17.4 Å². The van der Waals surface area contributed by atoms with Gasteiger partial charge < -0.3 is 29.7 Å². The first-order valence-corrected chi connectivity index (χ1v) is 13.0. The minimum Gasteiger partial charge on any atom is -0.549 e. The fourth-order valence-electron chi connectivity index (χ4n) is 3.95. The summed E-state index contributed by atoms with van der Waals surface area (Å²) >= 11 is 9.59. The number of alkyl halides is 3. The van der Waals surface area contributed by atoms with E-state index in [0.717, 1.165) is 96.3 Å². The van der Waals surface area contributed by atoms with Crippen molar-refractivity contribution in [3.8, 4) is 0 Å². The molecule has 3 aliphatic rings. The van der Waals surface area contributed by atoms with Crippen molar-refractivity contribution in [2.75, 3.05) is 0 Å². The van der Waals surface area contributed by atoms with Crippen molar-refractivity contribution in [3.63, 3.8) is 0 Å². The van der Waals surface area contributed by atoms with Crippen molar-refractivity contribution in [1.82, 2.24) is 0 Å². The molecule has 0 aliphatic heterocycles. The summed E-state index contributed by atoms with van der Waals surface area (Å²) in [7, 11) is 0. The Kier molecular flexibility index (Phi) is 14.8. The predicted molar refractivity (Wildman–Crippen MR) is 125 cm³/mol. The van der Waals surface area contributed by atoms with Gasteiger partial charge in [0.1, 0.15) is 0 Å². The molecule has 6 nitrogen and oxygen atoms in total. The first-order valence-electron chi connectivity index (χ1n) is 10.7. The minimum atomic E-state index is -0.952. The molecule has 0 radical (unpaired) electrons. The molecule has 3 saturated carbocycles. The van der Waals surface area contributed by atoms with Gasteiger partial charge in [-0.25, -0.2) is 0 Å². The SMILES string of the molecule is O=C([O-])C1(Br)CCCCC1.O=C([O-])C1(Br)CCCCC1.O=C([O-])C1(Br)CCCCC1.[Al+3]. The number of hydrogen-bond acceptors (Lipinski definition) is 6. The second-order valence-electron chi connectivity index (χ2n) is 8.44. The molecular formula is C21H30AlBr3O6. The van der Waals surface area contributed by atoms with Crippen LogP contribution in [-0.4, -0.2) is 48.2 Å². The van der Waals surface area contributed by atoms with Crippen LogP contribution in [0.5, 0.6) is 0 Å². The third kappa shape index (κ3) is 10.5. The number of carboxylic acid groups (broad SMARTS) is 3. The van der Waals surface area contributed by atoms with Gasteiger partial charge in [-0.05, 0) is 38.5 Å². The number of aliphatic carboxylic acids is 3. The third-order valence-electron chi connectivity index (χ3n) is 6.04. The summed E-state index contributed by atoms with van der Waals surface area (Å²) in [4.78, 5) is 31.6. The van der Waals surface area contributed by atoms with Crippen LogP contribution in [0.1, 0.15) is 96.3 Å². The monoisotopic (exact) mass is 642 g/mol. The van der Waals surface area contributed by atoms with Crippen LogP contribution in [0.2, 0.25) is 0 Å². The average Bonchev–Trinajstić information content (AvgIpc) is 2.70. The molecule has 174 valence electrons. The maximum Gasteiger partial charge on any atom is 3.00 e. The molecule has 10 heteroatoms. The maximum atomic E-state index is 10.5. The second kappa shape index (κ2) is 14.6. The Morgan fingerprint density at radius 1 is 0.452 bits per heavy atom. The van der Waals surface area contributed by atoms with Crippen LogP contribution in [0.15, 0.2) is 0 Å². The van der Waals surface area contributed by atoms with E-state index in [1.807, 2.05) is 0 Å². The molecule has 0 atom stereocenters. The van der Waals surface area contributed by atoms with Gasteiger partial charge in [0, 0.05) is 0 Å². The quantitative estimate of drug-likeness (QED) is 0.343. The first kappa shape index (κ1) is 31.4. The van der Waals surface area contributed by atoms with E-state index in [0.29, 0.717) is 0 Å². The molecule has 0 aromatic rings. The molecule has 0 saturated heterocycles. The van der Waals surface area contributed by atoms with Crippen LogP contribution in [-0.2, 0) is 14.4 Å². The number of carbonyl (C=O) groups excluding carboxylic acids is 3. The van der Waals surface area contributed by atoms with Crippen LogP contribution >= 0.6 is 47.8 Å². The molecule has 0 aromatic heterocycles. The molecule has 0 unspecified atom stereocenters. The molecule has 0 N–H and O–H groups in total. The Labute approximate surface area is 220 Å². The van der Waals surface area contributed by atoms with E-state index in [1.54, 1.807) is 0 Å². The van der Waals surface area contributed by atoms with Gasteiger partial charge in [-0.1, -0.05) is 106 Å². The van der Waals surface area contributed by atoms with Crippen LogP contribution in [0.25, 0.3) is 0 Å². The fourth-order valence-corrected chi connectivity index (χ4v) is 5.63. The smallest absolute Gasteiger partial charge is 0.549 e. The normalized spacial score (nSPS) is 23.3. The predicted octanol–water partition coefficient (Wildman–Crippen LogP) is 2.12. The molecule has 0 aromatic carbocycles. The number of hydrogen-bond donors (Lipinski definition) is 0. The molecule has 0 amide bonds. The van der Waals surface area contributed by atoms with E-state index in [4.69, 9.17) is 0 Å². The average molecular weight is 645 g/mol. The largest absolute Gasteiger partial charge is 3.00 e. The van der Waals surface area contributed by atoms with Crippen LogP contribution < -0.4 is 15.3 Å². The standard InChI is InChI=1S/3C7H11BrO2.Al/c3*8-7(6(9)10)4-2-1-3-5-7;/h3*1-5H2,(H,9,10);/q;;;+3/p-3. The number of carboxylic acids is 3. The van der Waals surface area contributed by atoms with Crippen molar-refractivity contribution in [2.45, 2.75) is 109 Å². The van der Waals surface area contributed by atoms with E-state index >= 15 is 0 Å². The van der Waals surface area contributed by atoms with Gasteiger partial charge in [0.15, 0.2) is 0 Å². The van der Waals surface area contributed by atoms with Gasteiger partial charge in [0.05, 0.1) is 30.9 Å². The summed E-state index contributed by atoms with van der Waals surface area (Å²) in [5, 5.41) is 31.6. The Balaban J connectivity index is 0.000000429. The molecule has 31 heavy (non-hydrogen) atoms. The number of halogens is 3. The van der Waals surface area contributed by atoms with Crippen molar-refractivity contribution < 1.29 is 29.7 Å². The Morgan fingerprint density at radius 3 is 0.710 bits per heavy atom. The van der Waals surface area contributed by atoms with Crippen LogP contribution in [0.4, 0.5) is 0 Å². The third-order valence-corrected chi connectivity index (χ3v) is 9.39. The van der Waals surface area contributed by atoms with Gasteiger partial charge in [-0.2, -0.15) is 0 Å². The summed E-state index contributed by atoms with van der Waals surface area (Å²) < 4.78 is -2.11. The minimum absolute atomic E-state index is 0. The summed E-state index contributed by atoms with van der Waals surface area (Å²) in [6.07, 6.45) is 13.8. The molecule has 0 heterocycles. The van der Waals surface area contributed by atoms with Crippen LogP contribution in [0, 0.1) is 0 Å². The van der Waals surface area contributed by atoms with Crippen molar-refractivity contribution in [3.05, 3.63) is 0 Å². The zero-order chi connectivity index (χ0) is 22.8. The molecule has 3 rings (SSSR count). The van der Waals surface area contributed by atoms with Gasteiger partial charge >= 0.3 is 17.4 Å². The van der Waals surface area contributed by atoms with Crippen molar-refractivity contribution in [2.24, 2.45) is 0 Å². The molecular weight excluding hydrogens is 615 g/mol.